The Morgan fingerprint density at radius 2 is 1.82 bits per heavy atom. The van der Waals surface area contributed by atoms with E-state index in [4.69, 9.17) is 9.84 Å². The molecule has 154 valence electrons. The molecule has 0 amide bonds. The van der Waals surface area contributed by atoms with Crippen molar-refractivity contribution in [2.75, 3.05) is 13.1 Å². The lowest BCUT2D eigenvalue weighted by Crippen LogP contribution is -2.43. The molecule has 2 fully saturated rings. The number of carboxylic acids is 1. The third kappa shape index (κ3) is 6.46. The largest absolute Gasteiger partial charge is 0.481 e. The summed E-state index contributed by atoms with van der Waals surface area (Å²) >= 11 is 0. The van der Waals surface area contributed by atoms with Gasteiger partial charge in [0.25, 0.3) is 0 Å². The average molecular weight is 386 g/mol. The first-order valence-electron chi connectivity index (χ1n) is 11.0. The molecule has 1 heterocycles. The molecule has 0 unspecified atom stereocenters. The van der Waals surface area contributed by atoms with Crippen LogP contribution in [0.3, 0.4) is 0 Å². The van der Waals surface area contributed by atoms with Gasteiger partial charge in [-0.3, -0.25) is 4.79 Å². The highest BCUT2D eigenvalue weighted by molar-refractivity contribution is 5.66. The summed E-state index contributed by atoms with van der Waals surface area (Å²) in [5.74, 6) is -0.147. The van der Waals surface area contributed by atoms with Gasteiger partial charge in [0.15, 0.2) is 0 Å². The zero-order valence-electron chi connectivity index (χ0n) is 17.0. The maximum Gasteiger partial charge on any atom is 0.303 e. The fourth-order valence-electron chi connectivity index (χ4n) is 4.81. The van der Waals surface area contributed by atoms with Crippen LogP contribution < -0.4 is 0 Å². The molecule has 4 heteroatoms. The van der Waals surface area contributed by atoms with Crippen molar-refractivity contribution in [3.05, 3.63) is 48.0 Å². The summed E-state index contributed by atoms with van der Waals surface area (Å²) < 4.78 is 6.40. The molecule has 1 aromatic carbocycles. The lowest BCUT2D eigenvalue weighted by Gasteiger charge is -2.37. The number of benzene rings is 1. The Kier molecular flexibility index (Phi) is 8.56. The number of allylic oxidation sites excluding steroid dienone is 2. The Balaban J connectivity index is 1.55. The predicted molar refractivity (Wildman–Crippen MR) is 112 cm³/mol. The van der Waals surface area contributed by atoms with Crippen LogP contribution in [0, 0.1) is 5.92 Å². The number of carbonyl (C=O) groups is 1. The number of rotatable bonds is 10. The summed E-state index contributed by atoms with van der Waals surface area (Å²) in [5, 5.41) is 8.75. The summed E-state index contributed by atoms with van der Waals surface area (Å²) in [6.45, 7) is 3.17. The molecule has 0 bridgehead atoms. The van der Waals surface area contributed by atoms with Crippen molar-refractivity contribution in [3.8, 4) is 0 Å². The fraction of sp³-hybridized carbons (Fsp3) is 0.625. The summed E-state index contributed by atoms with van der Waals surface area (Å²) in [4.78, 5) is 13.4. The van der Waals surface area contributed by atoms with Crippen LogP contribution in [-0.4, -0.2) is 41.2 Å². The van der Waals surface area contributed by atoms with Crippen molar-refractivity contribution >= 4 is 5.97 Å². The van der Waals surface area contributed by atoms with Gasteiger partial charge in [-0.05, 0) is 63.6 Å². The third-order valence-electron chi connectivity index (χ3n) is 6.24. The molecule has 4 nitrogen and oxygen atoms in total. The van der Waals surface area contributed by atoms with Gasteiger partial charge in [0, 0.05) is 18.4 Å². The highest BCUT2D eigenvalue weighted by Crippen LogP contribution is 2.37. The van der Waals surface area contributed by atoms with Crippen molar-refractivity contribution in [3.63, 3.8) is 0 Å². The van der Waals surface area contributed by atoms with Crippen LogP contribution >= 0.6 is 0 Å². The number of hydrogen-bond acceptors (Lipinski definition) is 3. The maximum atomic E-state index is 10.6. The first-order chi connectivity index (χ1) is 13.7. The Labute approximate surface area is 169 Å². The summed E-state index contributed by atoms with van der Waals surface area (Å²) in [6.07, 6.45) is 13.9. The van der Waals surface area contributed by atoms with E-state index in [-0.39, 0.29) is 6.42 Å². The van der Waals surface area contributed by atoms with Crippen LogP contribution in [-0.2, 0) is 16.1 Å². The van der Waals surface area contributed by atoms with Crippen molar-refractivity contribution in [2.24, 2.45) is 5.92 Å². The first kappa shape index (κ1) is 21.1. The van der Waals surface area contributed by atoms with Crippen LogP contribution in [0.15, 0.2) is 42.5 Å². The fourth-order valence-corrected chi connectivity index (χ4v) is 4.81. The standard InChI is InChI=1S/C24H35NO3/c26-24(27)14-8-2-1-7-13-21-22(25-17-9-4-10-18-25)15-16-23(21)28-19-20-11-5-3-6-12-20/h1-3,5-6,11-12,21-23H,4,7-10,13-19H2,(H,26,27)/t21-,22+,23+/m1/s1. The van der Waals surface area contributed by atoms with E-state index in [1.165, 1.54) is 44.3 Å². The van der Waals surface area contributed by atoms with E-state index in [2.05, 4.69) is 35.2 Å². The van der Waals surface area contributed by atoms with E-state index in [0.29, 0.717) is 31.1 Å². The van der Waals surface area contributed by atoms with Crippen LogP contribution in [0.1, 0.15) is 63.4 Å². The molecule has 28 heavy (non-hydrogen) atoms. The monoisotopic (exact) mass is 385 g/mol. The molecule has 1 saturated carbocycles. The second-order valence-corrected chi connectivity index (χ2v) is 8.22. The summed E-state index contributed by atoms with van der Waals surface area (Å²) in [6, 6.07) is 11.1. The smallest absolute Gasteiger partial charge is 0.303 e. The normalized spacial score (nSPS) is 26.1. The van der Waals surface area contributed by atoms with Gasteiger partial charge in [-0.1, -0.05) is 48.9 Å². The Morgan fingerprint density at radius 3 is 2.57 bits per heavy atom. The average Bonchev–Trinajstić information content (AvgIpc) is 3.13. The van der Waals surface area contributed by atoms with E-state index in [0.717, 1.165) is 19.3 Å². The SMILES string of the molecule is O=C(O)CCC=CCC[C@H]1[C@@H](OCc2ccccc2)CC[C@@H]1N1CCCCC1. The number of likely N-dealkylation sites (tertiary alicyclic amines) is 1. The molecular weight excluding hydrogens is 350 g/mol. The van der Waals surface area contributed by atoms with Gasteiger partial charge in [0.05, 0.1) is 12.7 Å². The molecule has 1 N–H and O–H groups in total. The number of nitrogens with zero attached hydrogens (tertiary/aromatic N) is 1. The van der Waals surface area contributed by atoms with E-state index in [1.807, 2.05) is 12.1 Å². The zero-order chi connectivity index (χ0) is 19.6. The Morgan fingerprint density at radius 1 is 1.07 bits per heavy atom. The van der Waals surface area contributed by atoms with Gasteiger partial charge in [-0.25, -0.2) is 0 Å². The number of hydrogen-bond donors (Lipinski definition) is 1. The molecule has 3 rings (SSSR count). The summed E-state index contributed by atoms with van der Waals surface area (Å²) in [7, 11) is 0. The molecule has 1 saturated heterocycles. The Bertz CT molecular complexity index is 610. The molecule has 0 spiro atoms. The van der Waals surface area contributed by atoms with Crippen LogP contribution in [0.2, 0.25) is 0 Å². The predicted octanol–water partition coefficient (Wildman–Crippen LogP) is 5.04. The van der Waals surface area contributed by atoms with Crippen molar-refractivity contribution < 1.29 is 14.6 Å². The van der Waals surface area contributed by atoms with Gasteiger partial charge >= 0.3 is 5.97 Å². The van der Waals surface area contributed by atoms with Crippen molar-refractivity contribution in [1.29, 1.82) is 0 Å². The quantitative estimate of drug-likeness (QED) is 0.574. The second kappa shape index (κ2) is 11.4. The van der Waals surface area contributed by atoms with Gasteiger partial charge in [0.1, 0.15) is 0 Å². The van der Waals surface area contributed by atoms with Gasteiger partial charge in [-0.15, -0.1) is 0 Å². The van der Waals surface area contributed by atoms with E-state index >= 15 is 0 Å². The number of ether oxygens (including phenoxy) is 1. The molecule has 1 aliphatic heterocycles. The number of aliphatic carboxylic acids is 1. The lowest BCUT2D eigenvalue weighted by molar-refractivity contribution is -0.136. The van der Waals surface area contributed by atoms with E-state index in [1.54, 1.807) is 0 Å². The van der Waals surface area contributed by atoms with Crippen molar-refractivity contribution in [1.82, 2.24) is 4.90 Å². The molecule has 1 aromatic rings. The Hall–Kier alpha value is -1.65. The lowest BCUT2D eigenvalue weighted by atomic mass is 9.93. The molecule has 3 atom stereocenters. The van der Waals surface area contributed by atoms with Crippen LogP contribution in [0.4, 0.5) is 0 Å². The maximum absolute atomic E-state index is 10.6. The molecule has 1 aliphatic carbocycles. The molecule has 0 radical (unpaired) electrons. The first-order valence-corrected chi connectivity index (χ1v) is 11.0. The van der Waals surface area contributed by atoms with E-state index in [9.17, 15) is 4.79 Å². The van der Waals surface area contributed by atoms with Gasteiger partial charge in [-0.2, -0.15) is 0 Å². The zero-order valence-corrected chi connectivity index (χ0v) is 17.0. The van der Waals surface area contributed by atoms with Gasteiger partial charge in [0.2, 0.25) is 0 Å². The third-order valence-corrected chi connectivity index (χ3v) is 6.24. The highest BCUT2D eigenvalue weighted by atomic mass is 16.5. The van der Waals surface area contributed by atoms with Gasteiger partial charge < -0.3 is 14.7 Å². The minimum absolute atomic E-state index is 0.221. The van der Waals surface area contributed by atoms with E-state index < -0.39 is 5.97 Å². The van der Waals surface area contributed by atoms with Crippen molar-refractivity contribution in [2.45, 2.75) is 76.5 Å². The molecule has 2 aliphatic rings. The minimum atomic E-state index is -0.722. The minimum Gasteiger partial charge on any atom is -0.481 e. The summed E-state index contributed by atoms with van der Waals surface area (Å²) in [5.41, 5.74) is 1.25. The molecule has 0 aromatic heterocycles. The molecular formula is C24H35NO3. The number of carboxylic acid groups (broad SMARTS) is 1. The van der Waals surface area contributed by atoms with Crippen LogP contribution in [0.5, 0.6) is 0 Å². The van der Waals surface area contributed by atoms with Crippen LogP contribution in [0.25, 0.3) is 0 Å². The highest BCUT2D eigenvalue weighted by Gasteiger charge is 2.39. The topological polar surface area (TPSA) is 49.8 Å². The second-order valence-electron chi connectivity index (χ2n) is 8.22. The number of piperidine rings is 1.